The van der Waals surface area contributed by atoms with Crippen molar-refractivity contribution in [3.8, 4) is 0 Å². The molecule has 10 nitrogen and oxygen atoms in total. The molecule has 25 heavy (non-hydrogen) atoms. The van der Waals surface area contributed by atoms with E-state index in [-0.39, 0.29) is 32.1 Å². The third-order valence-corrected chi connectivity index (χ3v) is 3.77. The minimum Gasteiger partial charge on any atom is -0.395 e. The minimum atomic E-state index is -1.35. The van der Waals surface area contributed by atoms with Crippen LogP contribution >= 0.6 is 0 Å². The van der Waals surface area contributed by atoms with Crippen LogP contribution in [-0.2, 0) is 19.1 Å². The number of hydrogen-bond donors (Lipinski definition) is 6. The Morgan fingerprint density at radius 1 is 1.16 bits per heavy atom. The van der Waals surface area contributed by atoms with Gasteiger partial charge in [0.05, 0.1) is 13.2 Å². The highest BCUT2D eigenvalue weighted by atomic mass is 16.7. The number of aliphatic hydroxyl groups is 4. The van der Waals surface area contributed by atoms with Crippen LogP contribution in [0.1, 0.15) is 26.2 Å². The summed E-state index contributed by atoms with van der Waals surface area (Å²) in [5.41, 5.74) is 0. The van der Waals surface area contributed by atoms with Crippen LogP contribution in [0.4, 0.5) is 0 Å². The summed E-state index contributed by atoms with van der Waals surface area (Å²) < 4.78 is 10.9. The molecule has 0 bridgehead atoms. The quantitative estimate of drug-likeness (QED) is 0.227. The first kappa shape index (κ1) is 21.7. The van der Waals surface area contributed by atoms with Crippen LogP contribution in [0.15, 0.2) is 0 Å². The highest BCUT2D eigenvalue weighted by Gasteiger charge is 2.45. The fourth-order valence-corrected chi connectivity index (χ4v) is 2.48. The molecule has 0 aromatic carbocycles. The van der Waals surface area contributed by atoms with E-state index < -0.39 is 43.2 Å². The third-order valence-electron chi connectivity index (χ3n) is 3.77. The van der Waals surface area contributed by atoms with Crippen LogP contribution in [0, 0.1) is 0 Å². The third kappa shape index (κ3) is 7.22. The molecule has 1 aliphatic heterocycles. The number of hydrogen-bond acceptors (Lipinski definition) is 8. The molecule has 146 valence electrons. The van der Waals surface area contributed by atoms with Crippen molar-refractivity contribution in [2.45, 2.75) is 56.8 Å². The Bertz CT molecular complexity index is 422. The van der Waals surface area contributed by atoms with Gasteiger partial charge >= 0.3 is 0 Å². The molecule has 6 N–H and O–H groups in total. The molecule has 1 aliphatic rings. The molecule has 5 atom stereocenters. The summed E-state index contributed by atoms with van der Waals surface area (Å²) in [6, 6.07) is -0.969. The molecule has 0 spiro atoms. The van der Waals surface area contributed by atoms with Crippen LogP contribution in [-0.4, -0.2) is 89.2 Å². The smallest absolute Gasteiger partial charge is 0.220 e. The topological polar surface area (TPSA) is 158 Å². The Morgan fingerprint density at radius 3 is 2.48 bits per heavy atom. The summed E-state index contributed by atoms with van der Waals surface area (Å²) in [5, 5.41) is 42.8. The molecular formula is C15H28N2O8. The molecule has 1 rings (SSSR count). The number of ether oxygens (including phenoxy) is 2. The normalized spacial score (nSPS) is 29.2. The van der Waals surface area contributed by atoms with Crippen molar-refractivity contribution in [2.75, 3.05) is 26.4 Å². The number of unbranched alkanes of at least 4 members (excludes halogenated alkanes) is 1. The van der Waals surface area contributed by atoms with E-state index in [1.165, 1.54) is 6.92 Å². The van der Waals surface area contributed by atoms with E-state index in [1.54, 1.807) is 0 Å². The fourth-order valence-electron chi connectivity index (χ4n) is 2.48. The summed E-state index contributed by atoms with van der Waals surface area (Å²) in [6.45, 7) is 1.06. The van der Waals surface area contributed by atoms with Crippen molar-refractivity contribution in [1.29, 1.82) is 0 Å². The second-order valence-corrected chi connectivity index (χ2v) is 5.83. The van der Waals surface area contributed by atoms with Gasteiger partial charge in [0.1, 0.15) is 24.4 Å². The van der Waals surface area contributed by atoms with Crippen LogP contribution in [0.25, 0.3) is 0 Å². The van der Waals surface area contributed by atoms with E-state index in [1.807, 2.05) is 0 Å². The number of carbonyl (C=O) groups excluding carboxylic acids is 2. The maximum absolute atomic E-state index is 11.4. The number of carbonyl (C=O) groups is 2. The Balaban J connectivity index is 2.44. The highest BCUT2D eigenvalue weighted by Crippen LogP contribution is 2.22. The van der Waals surface area contributed by atoms with Crippen molar-refractivity contribution < 1.29 is 39.5 Å². The van der Waals surface area contributed by atoms with E-state index in [0.29, 0.717) is 12.8 Å². The molecule has 1 heterocycles. The summed E-state index contributed by atoms with van der Waals surface area (Å²) in [4.78, 5) is 22.6. The molecule has 0 aliphatic carbocycles. The van der Waals surface area contributed by atoms with E-state index in [0.717, 1.165) is 0 Å². The Kier molecular flexibility index (Phi) is 9.86. The van der Waals surface area contributed by atoms with Gasteiger partial charge in [-0.05, 0) is 12.8 Å². The van der Waals surface area contributed by atoms with E-state index >= 15 is 0 Å². The van der Waals surface area contributed by atoms with Crippen molar-refractivity contribution in [2.24, 2.45) is 0 Å². The van der Waals surface area contributed by atoms with E-state index in [4.69, 9.17) is 14.6 Å². The van der Waals surface area contributed by atoms with Crippen molar-refractivity contribution >= 4 is 11.8 Å². The van der Waals surface area contributed by atoms with E-state index in [2.05, 4.69) is 10.6 Å². The lowest BCUT2D eigenvalue weighted by atomic mass is 9.97. The Labute approximate surface area is 146 Å². The highest BCUT2D eigenvalue weighted by molar-refractivity contribution is 5.75. The Morgan fingerprint density at radius 2 is 1.88 bits per heavy atom. The van der Waals surface area contributed by atoms with Gasteiger partial charge in [0.15, 0.2) is 6.29 Å². The average molecular weight is 364 g/mol. The first-order valence-electron chi connectivity index (χ1n) is 8.29. The largest absolute Gasteiger partial charge is 0.395 e. The fraction of sp³-hybridized carbons (Fsp3) is 0.867. The Hall–Kier alpha value is -1.30. The van der Waals surface area contributed by atoms with Gasteiger partial charge in [-0.2, -0.15) is 0 Å². The molecule has 1 fully saturated rings. The van der Waals surface area contributed by atoms with Gasteiger partial charge in [-0.1, -0.05) is 0 Å². The SMILES string of the molecule is CC(=O)NC1C(O)[C@H](O)C(CO)O[C@H]1OCCCCC(=O)NCCO. The molecular weight excluding hydrogens is 336 g/mol. The zero-order valence-electron chi connectivity index (χ0n) is 14.3. The molecule has 0 saturated carbocycles. The molecule has 0 aromatic rings. The van der Waals surface area contributed by atoms with Crippen LogP contribution < -0.4 is 10.6 Å². The van der Waals surface area contributed by atoms with Gasteiger partial charge in [-0.15, -0.1) is 0 Å². The lowest BCUT2D eigenvalue weighted by Gasteiger charge is -2.42. The van der Waals surface area contributed by atoms with Gasteiger partial charge in [-0.3, -0.25) is 9.59 Å². The number of aliphatic hydroxyl groups excluding tert-OH is 4. The van der Waals surface area contributed by atoms with Crippen LogP contribution in [0.3, 0.4) is 0 Å². The first-order chi connectivity index (χ1) is 11.9. The van der Waals surface area contributed by atoms with Gasteiger partial charge in [0, 0.05) is 26.5 Å². The summed E-state index contributed by atoms with van der Waals surface area (Å²) in [6.07, 6.45) is -3.38. The van der Waals surface area contributed by atoms with Gasteiger partial charge in [0.25, 0.3) is 0 Å². The predicted octanol–water partition coefficient (Wildman–Crippen LogP) is -2.77. The first-order valence-corrected chi connectivity index (χ1v) is 8.29. The van der Waals surface area contributed by atoms with Crippen molar-refractivity contribution in [3.63, 3.8) is 0 Å². The van der Waals surface area contributed by atoms with E-state index in [9.17, 15) is 24.9 Å². The zero-order chi connectivity index (χ0) is 18.8. The number of rotatable bonds is 10. The second-order valence-electron chi connectivity index (χ2n) is 5.83. The monoisotopic (exact) mass is 364 g/mol. The van der Waals surface area contributed by atoms with Gasteiger partial charge < -0.3 is 40.5 Å². The van der Waals surface area contributed by atoms with Crippen LogP contribution in [0.2, 0.25) is 0 Å². The molecule has 0 aromatic heterocycles. The van der Waals surface area contributed by atoms with Gasteiger partial charge in [0.2, 0.25) is 11.8 Å². The minimum absolute atomic E-state index is 0.112. The van der Waals surface area contributed by atoms with Crippen molar-refractivity contribution in [3.05, 3.63) is 0 Å². The van der Waals surface area contributed by atoms with Crippen LogP contribution in [0.5, 0.6) is 0 Å². The molecule has 0 radical (unpaired) electrons. The number of amides is 2. The van der Waals surface area contributed by atoms with Crippen molar-refractivity contribution in [1.82, 2.24) is 10.6 Å². The second kappa shape index (κ2) is 11.3. The lowest BCUT2D eigenvalue weighted by Crippen LogP contribution is -2.64. The summed E-state index contributed by atoms with van der Waals surface area (Å²) in [7, 11) is 0. The summed E-state index contributed by atoms with van der Waals surface area (Å²) >= 11 is 0. The standard InChI is InChI=1S/C15H28N2O8/c1-9(20)17-12-14(23)13(22)10(8-19)25-15(12)24-7-3-2-4-11(21)16-5-6-18/h10,12-15,18-19,22-23H,2-8H2,1H3,(H,16,21)(H,17,20)/t10?,12?,13-,14?,15-/m1/s1. The lowest BCUT2D eigenvalue weighted by molar-refractivity contribution is -0.270. The molecule has 3 unspecified atom stereocenters. The molecule has 2 amide bonds. The average Bonchev–Trinajstić information content (AvgIpc) is 2.58. The zero-order valence-corrected chi connectivity index (χ0v) is 14.3. The van der Waals surface area contributed by atoms with Gasteiger partial charge in [-0.25, -0.2) is 0 Å². The molecule has 1 saturated heterocycles. The molecule has 10 heteroatoms. The predicted molar refractivity (Wildman–Crippen MR) is 85.3 cm³/mol. The maximum Gasteiger partial charge on any atom is 0.220 e. The maximum atomic E-state index is 11.4. The number of nitrogens with one attached hydrogen (secondary N) is 2. The summed E-state index contributed by atoms with van der Waals surface area (Å²) in [5.74, 6) is -0.588.